The van der Waals surface area contributed by atoms with Crippen molar-refractivity contribution in [2.45, 2.75) is 64.0 Å². The fourth-order valence-electron chi connectivity index (χ4n) is 4.68. The molecule has 0 aromatic heterocycles. The van der Waals surface area contributed by atoms with Gasteiger partial charge in [0.15, 0.2) is 0 Å². The Balaban J connectivity index is 1.38. The van der Waals surface area contributed by atoms with Crippen LogP contribution in [0.25, 0.3) is 0 Å². The molecule has 1 saturated carbocycles. The molecule has 20 heavy (non-hydrogen) atoms. The van der Waals surface area contributed by atoms with Gasteiger partial charge in [-0.2, -0.15) is 0 Å². The molecule has 1 N–H and O–H groups in total. The summed E-state index contributed by atoms with van der Waals surface area (Å²) < 4.78 is 0. The minimum absolute atomic E-state index is 0.817. The van der Waals surface area contributed by atoms with Crippen molar-refractivity contribution in [3.63, 3.8) is 0 Å². The van der Waals surface area contributed by atoms with Gasteiger partial charge in [-0.15, -0.1) is 0 Å². The molecule has 1 aliphatic carbocycles. The molecule has 3 rings (SSSR count). The van der Waals surface area contributed by atoms with Crippen molar-refractivity contribution in [2.24, 2.45) is 5.92 Å². The lowest BCUT2D eigenvalue weighted by Gasteiger charge is -2.25. The van der Waals surface area contributed by atoms with Crippen LogP contribution in [0.2, 0.25) is 0 Å². The van der Waals surface area contributed by atoms with Crippen LogP contribution >= 0.6 is 0 Å². The first-order chi connectivity index (χ1) is 9.86. The first-order valence-electron chi connectivity index (χ1n) is 9.06. The molecule has 3 nitrogen and oxygen atoms in total. The van der Waals surface area contributed by atoms with Crippen molar-refractivity contribution >= 4 is 0 Å². The Kier molecular flexibility index (Phi) is 5.36. The monoisotopic (exact) mass is 279 g/mol. The van der Waals surface area contributed by atoms with Crippen LogP contribution in [-0.4, -0.2) is 61.2 Å². The maximum atomic E-state index is 3.70. The standard InChI is InChI=1S/C17H33N3/c1-2-18-17-7-5-6-15(17)8-12-19-13-9-16(14-19)20-10-3-4-11-20/h15-18H,2-14H2,1H3. The summed E-state index contributed by atoms with van der Waals surface area (Å²) in [6.07, 6.45) is 10.0. The molecule has 0 aromatic carbocycles. The van der Waals surface area contributed by atoms with Crippen LogP contribution in [0.4, 0.5) is 0 Å². The van der Waals surface area contributed by atoms with Crippen molar-refractivity contribution in [1.29, 1.82) is 0 Å². The van der Waals surface area contributed by atoms with Gasteiger partial charge in [-0.25, -0.2) is 0 Å². The van der Waals surface area contributed by atoms with Crippen molar-refractivity contribution in [3.8, 4) is 0 Å². The number of hydrogen-bond acceptors (Lipinski definition) is 3. The molecule has 3 unspecified atom stereocenters. The Morgan fingerprint density at radius 3 is 2.65 bits per heavy atom. The summed E-state index contributed by atoms with van der Waals surface area (Å²) >= 11 is 0. The Morgan fingerprint density at radius 2 is 1.85 bits per heavy atom. The van der Waals surface area contributed by atoms with E-state index in [1.807, 2.05) is 0 Å². The van der Waals surface area contributed by atoms with E-state index in [9.17, 15) is 0 Å². The molecular weight excluding hydrogens is 246 g/mol. The van der Waals surface area contributed by atoms with Crippen LogP contribution in [0.5, 0.6) is 0 Å². The summed E-state index contributed by atoms with van der Waals surface area (Å²) in [4.78, 5) is 5.49. The second-order valence-corrected chi connectivity index (χ2v) is 7.13. The summed E-state index contributed by atoms with van der Waals surface area (Å²) in [5, 5.41) is 3.70. The van der Waals surface area contributed by atoms with Crippen LogP contribution in [0.3, 0.4) is 0 Å². The van der Waals surface area contributed by atoms with Crippen molar-refractivity contribution in [1.82, 2.24) is 15.1 Å². The maximum absolute atomic E-state index is 3.70. The van der Waals surface area contributed by atoms with E-state index in [1.165, 1.54) is 77.7 Å². The highest BCUT2D eigenvalue weighted by Gasteiger charge is 2.31. The quantitative estimate of drug-likeness (QED) is 0.805. The third-order valence-corrected chi connectivity index (χ3v) is 5.85. The van der Waals surface area contributed by atoms with E-state index in [1.54, 1.807) is 0 Å². The molecule has 0 spiro atoms. The number of nitrogens with one attached hydrogen (secondary N) is 1. The fraction of sp³-hybridized carbons (Fsp3) is 1.00. The van der Waals surface area contributed by atoms with E-state index in [2.05, 4.69) is 22.0 Å². The topological polar surface area (TPSA) is 18.5 Å². The average molecular weight is 279 g/mol. The maximum Gasteiger partial charge on any atom is 0.0235 e. The summed E-state index contributed by atoms with van der Waals surface area (Å²) in [6, 6.07) is 1.70. The lowest BCUT2D eigenvalue weighted by Crippen LogP contribution is -2.37. The van der Waals surface area contributed by atoms with E-state index in [-0.39, 0.29) is 0 Å². The van der Waals surface area contributed by atoms with Gasteiger partial charge in [0.1, 0.15) is 0 Å². The van der Waals surface area contributed by atoms with Gasteiger partial charge in [0, 0.05) is 18.6 Å². The minimum Gasteiger partial charge on any atom is -0.314 e. The Hall–Kier alpha value is -0.120. The van der Waals surface area contributed by atoms with Gasteiger partial charge in [0.25, 0.3) is 0 Å². The molecular formula is C17H33N3. The van der Waals surface area contributed by atoms with E-state index in [0.29, 0.717) is 0 Å². The molecule has 0 bridgehead atoms. The molecule has 0 radical (unpaired) electrons. The molecule has 2 aliphatic heterocycles. The summed E-state index contributed by atoms with van der Waals surface area (Å²) in [7, 11) is 0. The van der Waals surface area contributed by atoms with Gasteiger partial charge < -0.3 is 10.2 Å². The molecule has 3 fully saturated rings. The van der Waals surface area contributed by atoms with E-state index in [0.717, 1.165) is 24.5 Å². The Labute approximate surface area is 125 Å². The summed E-state index contributed by atoms with van der Waals surface area (Å²) in [5.74, 6) is 0.945. The first kappa shape index (κ1) is 14.8. The number of likely N-dealkylation sites (tertiary alicyclic amines) is 2. The van der Waals surface area contributed by atoms with E-state index >= 15 is 0 Å². The zero-order chi connectivity index (χ0) is 13.8. The summed E-state index contributed by atoms with van der Waals surface area (Å²) in [5.41, 5.74) is 0. The van der Waals surface area contributed by atoms with E-state index < -0.39 is 0 Å². The SMILES string of the molecule is CCNC1CCCC1CCN1CCC(N2CCCC2)C1. The lowest BCUT2D eigenvalue weighted by atomic mass is 9.99. The zero-order valence-electron chi connectivity index (χ0n) is 13.3. The van der Waals surface area contributed by atoms with Crippen LogP contribution in [0.15, 0.2) is 0 Å². The van der Waals surface area contributed by atoms with E-state index in [4.69, 9.17) is 0 Å². The van der Waals surface area contributed by atoms with Gasteiger partial charge in [-0.3, -0.25) is 4.90 Å². The lowest BCUT2D eigenvalue weighted by molar-refractivity contribution is 0.223. The average Bonchev–Trinajstić information content (AvgIpc) is 3.18. The smallest absolute Gasteiger partial charge is 0.0235 e. The largest absolute Gasteiger partial charge is 0.314 e. The number of hydrogen-bond donors (Lipinski definition) is 1. The summed E-state index contributed by atoms with van der Waals surface area (Å²) in [6.45, 7) is 10.2. The third kappa shape index (κ3) is 3.55. The van der Waals surface area contributed by atoms with Gasteiger partial charge in [0.05, 0.1) is 0 Å². The molecule has 2 saturated heterocycles. The molecule has 3 aliphatic rings. The van der Waals surface area contributed by atoms with Crippen LogP contribution < -0.4 is 5.32 Å². The molecule has 0 amide bonds. The van der Waals surface area contributed by atoms with Crippen molar-refractivity contribution in [3.05, 3.63) is 0 Å². The highest BCUT2D eigenvalue weighted by molar-refractivity contribution is 4.88. The van der Waals surface area contributed by atoms with Gasteiger partial charge in [0.2, 0.25) is 0 Å². The highest BCUT2D eigenvalue weighted by Crippen LogP contribution is 2.29. The van der Waals surface area contributed by atoms with Gasteiger partial charge >= 0.3 is 0 Å². The van der Waals surface area contributed by atoms with Crippen molar-refractivity contribution in [2.75, 3.05) is 39.3 Å². The second-order valence-electron chi connectivity index (χ2n) is 7.13. The number of nitrogens with zero attached hydrogens (tertiary/aromatic N) is 2. The molecule has 116 valence electrons. The van der Waals surface area contributed by atoms with Crippen molar-refractivity contribution < 1.29 is 0 Å². The number of rotatable bonds is 6. The normalized spacial score (nSPS) is 36.1. The first-order valence-corrected chi connectivity index (χ1v) is 9.06. The van der Waals surface area contributed by atoms with Gasteiger partial charge in [-0.05, 0) is 77.2 Å². The predicted octanol–water partition coefficient (Wildman–Crippen LogP) is 2.32. The molecule has 2 heterocycles. The minimum atomic E-state index is 0.817. The van der Waals surface area contributed by atoms with Crippen LogP contribution in [0.1, 0.15) is 51.9 Å². The molecule has 3 atom stereocenters. The Morgan fingerprint density at radius 1 is 1.00 bits per heavy atom. The third-order valence-electron chi connectivity index (χ3n) is 5.85. The predicted molar refractivity (Wildman–Crippen MR) is 85.1 cm³/mol. The zero-order valence-corrected chi connectivity index (χ0v) is 13.3. The second kappa shape index (κ2) is 7.24. The Bertz CT molecular complexity index is 288. The molecule has 0 aromatic rings. The van der Waals surface area contributed by atoms with Crippen LogP contribution in [-0.2, 0) is 0 Å². The van der Waals surface area contributed by atoms with Crippen LogP contribution in [0, 0.1) is 5.92 Å². The fourth-order valence-corrected chi connectivity index (χ4v) is 4.68. The molecule has 3 heteroatoms. The van der Waals surface area contributed by atoms with Gasteiger partial charge in [-0.1, -0.05) is 13.3 Å². The highest BCUT2D eigenvalue weighted by atomic mass is 15.3.